The third-order valence-corrected chi connectivity index (χ3v) is 4.55. The highest BCUT2D eigenvalue weighted by Gasteiger charge is 2.41. The van der Waals surface area contributed by atoms with Gasteiger partial charge in [-0.25, -0.2) is 0 Å². The number of nitrogens with zero attached hydrogens (tertiary/aromatic N) is 1. The fourth-order valence-electron chi connectivity index (χ4n) is 2.74. The predicted octanol–water partition coefficient (Wildman–Crippen LogP) is 2.40. The number of rotatable bonds is 4. The maximum atomic E-state index is 12.6. The van der Waals surface area contributed by atoms with E-state index in [9.17, 15) is 4.79 Å². The molecule has 0 radical (unpaired) electrons. The zero-order valence-corrected chi connectivity index (χ0v) is 11.8. The van der Waals surface area contributed by atoms with E-state index in [1.807, 2.05) is 11.9 Å². The Labute approximate surface area is 106 Å². The molecule has 17 heavy (non-hydrogen) atoms. The van der Waals surface area contributed by atoms with Crippen LogP contribution in [0.1, 0.15) is 52.9 Å². The molecule has 0 aliphatic heterocycles. The number of carbonyl (C=O) groups is 1. The third-order valence-electron chi connectivity index (χ3n) is 4.55. The fourth-order valence-corrected chi connectivity index (χ4v) is 2.74. The van der Waals surface area contributed by atoms with Crippen molar-refractivity contribution in [3.8, 4) is 0 Å². The van der Waals surface area contributed by atoms with Crippen LogP contribution < -0.4 is 5.73 Å². The molecule has 3 nitrogen and oxygen atoms in total. The van der Waals surface area contributed by atoms with Crippen molar-refractivity contribution in [3.63, 3.8) is 0 Å². The van der Waals surface area contributed by atoms with Gasteiger partial charge in [0.05, 0.1) is 5.41 Å². The highest BCUT2D eigenvalue weighted by atomic mass is 16.2. The summed E-state index contributed by atoms with van der Waals surface area (Å²) in [6, 6.07) is 0.285. The van der Waals surface area contributed by atoms with Crippen molar-refractivity contribution < 1.29 is 4.79 Å². The number of nitrogens with two attached hydrogens (primary N) is 1. The van der Waals surface area contributed by atoms with Crippen molar-refractivity contribution in [1.29, 1.82) is 0 Å². The average molecular weight is 240 g/mol. The molecule has 1 aliphatic rings. The van der Waals surface area contributed by atoms with Crippen molar-refractivity contribution in [2.75, 3.05) is 13.6 Å². The minimum Gasteiger partial charge on any atom is -0.342 e. The van der Waals surface area contributed by atoms with Crippen molar-refractivity contribution in [3.05, 3.63) is 0 Å². The first-order valence-electron chi connectivity index (χ1n) is 6.92. The first-order chi connectivity index (χ1) is 7.94. The molecular formula is C14H28N2O. The van der Waals surface area contributed by atoms with Crippen molar-refractivity contribution in [2.45, 2.75) is 58.9 Å². The first kappa shape index (κ1) is 14.5. The lowest BCUT2D eigenvalue weighted by Crippen LogP contribution is -2.51. The van der Waals surface area contributed by atoms with Gasteiger partial charge in [-0.2, -0.15) is 0 Å². The van der Waals surface area contributed by atoms with Gasteiger partial charge in [0.25, 0.3) is 0 Å². The first-order valence-corrected chi connectivity index (χ1v) is 6.92. The molecule has 0 spiro atoms. The molecule has 1 atom stereocenters. The van der Waals surface area contributed by atoms with Gasteiger partial charge in [-0.3, -0.25) is 4.79 Å². The lowest BCUT2D eigenvalue weighted by molar-refractivity contribution is -0.145. The minimum absolute atomic E-state index is 0.265. The molecule has 1 fully saturated rings. The Hall–Kier alpha value is -0.570. The second-order valence-electron chi connectivity index (χ2n) is 5.95. The SMILES string of the molecule is CC(C)C(C)N(C)C(=O)C1(CN)CCCCC1. The van der Waals surface area contributed by atoms with Gasteiger partial charge in [-0.1, -0.05) is 33.1 Å². The van der Waals surface area contributed by atoms with Crippen LogP contribution in [0.25, 0.3) is 0 Å². The summed E-state index contributed by atoms with van der Waals surface area (Å²) in [5.74, 6) is 0.753. The largest absolute Gasteiger partial charge is 0.342 e. The van der Waals surface area contributed by atoms with Gasteiger partial charge in [0.1, 0.15) is 0 Å². The second kappa shape index (κ2) is 5.85. The predicted molar refractivity (Wildman–Crippen MR) is 71.6 cm³/mol. The highest BCUT2D eigenvalue weighted by molar-refractivity contribution is 5.83. The fraction of sp³-hybridized carbons (Fsp3) is 0.929. The van der Waals surface area contributed by atoms with E-state index in [0.717, 1.165) is 25.7 Å². The van der Waals surface area contributed by atoms with Gasteiger partial charge in [0.15, 0.2) is 0 Å². The van der Waals surface area contributed by atoms with E-state index in [0.29, 0.717) is 12.5 Å². The van der Waals surface area contributed by atoms with Crippen molar-refractivity contribution in [1.82, 2.24) is 4.90 Å². The van der Waals surface area contributed by atoms with Gasteiger partial charge < -0.3 is 10.6 Å². The molecule has 100 valence electrons. The van der Waals surface area contributed by atoms with Crippen LogP contribution in [0.3, 0.4) is 0 Å². The minimum atomic E-state index is -0.268. The molecule has 2 N–H and O–H groups in total. The topological polar surface area (TPSA) is 46.3 Å². The molecule has 0 heterocycles. The van der Waals surface area contributed by atoms with E-state index in [4.69, 9.17) is 5.73 Å². The summed E-state index contributed by atoms with van der Waals surface area (Å²) in [6.07, 6.45) is 5.48. The monoisotopic (exact) mass is 240 g/mol. The second-order valence-corrected chi connectivity index (χ2v) is 5.95. The molecule has 1 aliphatic carbocycles. The van der Waals surface area contributed by atoms with Crippen LogP contribution in [0.5, 0.6) is 0 Å². The van der Waals surface area contributed by atoms with Gasteiger partial charge in [0.2, 0.25) is 5.91 Å². The summed E-state index contributed by atoms with van der Waals surface area (Å²) < 4.78 is 0. The summed E-state index contributed by atoms with van der Waals surface area (Å²) in [5, 5.41) is 0. The zero-order valence-electron chi connectivity index (χ0n) is 11.8. The molecule has 0 bridgehead atoms. The Morgan fingerprint density at radius 2 is 1.76 bits per heavy atom. The maximum absolute atomic E-state index is 12.6. The van der Waals surface area contributed by atoms with Crippen molar-refractivity contribution in [2.24, 2.45) is 17.1 Å². The molecular weight excluding hydrogens is 212 g/mol. The molecule has 0 aromatic heterocycles. The smallest absolute Gasteiger partial charge is 0.230 e. The van der Waals surface area contributed by atoms with E-state index in [1.54, 1.807) is 0 Å². The highest BCUT2D eigenvalue weighted by Crippen LogP contribution is 2.37. The van der Waals surface area contributed by atoms with Crippen LogP contribution >= 0.6 is 0 Å². The normalized spacial score (nSPS) is 21.3. The van der Waals surface area contributed by atoms with Gasteiger partial charge in [-0.05, 0) is 25.7 Å². The summed E-state index contributed by atoms with van der Waals surface area (Å²) in [7, 11) is 1.93. The molecule has 0 aromatic carbocycles. The Kier molecular flexibility index (Phi) is 4.99. The van der Waals surface area contributed by atoms with Crippen LogP contribution in [-0.4, -0.2) is 30.4 Å². The lowest BCUT2D eigenvalue weighted by atomic mass is 9.73. The zero-order chi connectivity index (χ0) is 13.1. The van der Waals surface area contributed by atoms with E-state index in [1.165, 1.54) is 6.42 Å². The Morgan fingerprint density at radius 1 is 1.24 bits per heavy atom. The van der Waals surface area contributed by atoms with Crippen LogP contribution in [0.4, 0.5) is 0 Å². The quantitative estimate of drug-likeness (QED) is 0.820. The maximum Gasteiger partial charge on any atom is 0.230 e. The molecule has 0 saturated heterocycles. The van der Waals surface area contributed by atoms with Gasteiger partial charge in [-0.15, -0.1) is 0 Å². The molecule has 1 amide bonds. The van der Waals surface area contributed by atoms with Crippen molar-refractivity contribution >= 4 is 5.91 Å². The molecule has 1 rings (SSSR count). The van der Waals surface area contributed by atoms with Crippen LogP contribution in [0, 0.1) is 11.3 Å². The van der Waals surface area contributed by atoms with Crippen LogP contribution in [-0.2, 0) is 4.79 Å². The van der Waals surface area contributed by atoms with E-state index in [-0.39, 0.29) is 17.4 Å². The summed E-state index contributed by atoms with van der Waals surface area (Å²) in [4.78, 5) is 14.6. The Balaban J connectivity index is 2.78. The number of hydrogen-bond donors (Lipinski definition) is 1. The third kappa shape index (κ3) is 3.01. The van der Waals surface area contributed by atoms with Crippen LogP contribution in [0.15, 0.2) is 0 Å². The van der Waals surface area contributed by atoms with Gasteiger partial charge >= 0.3 is 0 Å². The summed E-state index contributed by atoms with van der Waals surface area (Å²) in [5.41, 5.74) is 5.64. The van der Waals surface area contributed by atoms with Crippen LogP contribution in [0.2, 0.25) is 0 Å². The summed E-state index contributed by atoms with van der Waals surface area (Å²) in [6.45, 7) is 6.94. The Morgan fingerprint density at radius 3 is 2.18 bits per heavy atom. The molecule has 3 heteroatoms. The van der Waals surface area contributed by atoms with Gasteiger partial charge in [0, 0.05) is 19.6 Å². The lowest BCUT2D eigenvalue weighted by Gasteiger charge is -2.40. The number of carbonyl (C=O) groups excluding carboxylic acids is 1. The van der Waals surface area contributed by atoms with E-state index in [2.05, 4.69) is 20.8 Å². The number of hydrogen-bond acceptors (Lipinski definition) is 2. The van der Waals surface area contributed by atoms with E-state index < -0.39 is 0 Å². The average Bonchev–Trinajstić information content (AvgIpc) is 2.36. The van der Waals surface area contributed by atoms with E-state index >= 15 is 0 Å². The molecule has 1 unspecified atom stereocenters. The standard InChI is InChI=1S/C14H28N2O/c1-11(2)12(3)16(4)13(17)14(10-15)8-6-5-7-9-14/h11-12H,5-10,15H2,1-4H3. The number of amides is 1. The summed E-state index contributed by atoms with van der Waals surface area (Å²) >= 11 is 0. The molecule has 1 saturated carbocycles. The Bertz CT molecular complexity index is 257. The molecule has 0 aromatic rings.